The van der Waals surface area contributed by atoms with E-state index in [-0.39, 0.29) is 23.3 Å². The van der Waals surface area contributed by atoms with Crippen molar-refractivity contribution in [1.29, 1.82) is 0 Å². The fraction of sp³-hybridized carbons (Fsp3) is 0.750. The molecule has 0 aliphatic heterocycles. The van der Waals surface area contributed by atoms with E-state index in [2.05, 4.69) is 11.6 Å². The van der Waals surface area contributed by atoms with Crippen molar-refractivity contribution in [3.8, 4) is 0 Å². The molecule has 0 amide bonds. The van der Waals surface area contributed by atoms with Crippen LogP contribution in [0.4, 0.5) is 8.78 Å². The molecule has 0 bridgehead atoms. The lowest BCUT2D eigenvalue weighted by molar-refractivity contribution is -0.114. The number of halogens is 3. The summed E-state index contributed by atoms with van der Waals surface area (Å²) in [6.07, 6.45) is 0. The molecule has 54 valence electrons. The number of ketones is 1. The lowest BCUT2D eigenvalue weighted by Crippen LogP contribution is -2.04. The average molecular weight is 175 g/mol. The quantitative estimate of drug-likeness (QED) is 0.610. The van der Waals surface area contributed by atoms with Crippen LogP contribution in [-0.4, -0.2) is 16.2 Å². The van der Waals surface area contributed by atoms with Gasteiger partial charge in [-0.2, -0.15) is 8.78 Å². The Hall–Kier alpha value is 0.170. The van der Waals surface area contributed by atoms with E-state index in [1.54, 1.807) is 0 Å². The molecule has 0 aliphatic carbocycles. The minimum Gasteiger partial charge on any atom is -0.299 e. The molecule has 0 aromatic heterocycles. The first-order valence-electron chi connectivity index (χ1n) is 2.12. The molecule has 9 heavy (non-hydrogen) atoms. The van der Waals surface area contributed by atoms with E-state index in [1.165, 1.54) is 6.92 Å². The lowest BCUT2D eigenvalue weighted by atomic mass is 10.5. The Morgan fingerprint density at radius 2 is 2.22 bits per heavy atom. The van der Waals surface area contributed by atoms with E-state index in [1.807, 2.05) is 0 Å². The Balaban J connectivity index is 3.39. The third kappa shape index (κ3) is 8.17. The monoisotopic (exact) mass is 174 g/mol. The van der Waals surface area contributed by atoms with Crippen LogP contribution in [0.3, 0.4) is 0 Å². The SMILES string of the molecule is CC(=O)CSC(F)(F)Cl. The molecule has 0 radical (unpaired) electrons. The minimum atomic E-state index is -3.30. The van der Waals surface area contributed by atoms with E-state index in [0.717, 1.165) is 0 Å². The first-order valence-corrected chi connectivity index (χ1v) is 3.48. The Bertz CT molecular complexity index is 112. The van der Waals surface area contributed by atoms with Crippen LogP contribution >= 0.6 is 23.4 Å². The third-order valence-corrected chi connectivity index (χ3v) is 1.64. The van der Waals surface area contributed by atoms with Gasteiger partial charge in [-0.05, 0) is 18.5 Å². The van der Waals surface area contributed by atoms with Crippen molar-refractivity contribution in [3.05, 3.63) is 0 Å². The highest BCUT2D eigenvalue weighted by Gasteiger charge is 2.25. The molecule has 5 heteroatoms. The number of hydrogen-bond acceptors (Lipinski definition) is 2. The number of Topliss-reactive ketones (excluding diaryl/α,β-unsaturated/α-hetero) is 1. The smallest absolute Gasteiger partial charge is 0.299 e. The summed E-state index contributed by atoms with van der Waals surface area (Å²) in [6, 6.07) is 0. The van der Waals surface area contributed by atoms with Gasteiger partial charge in [-0.25, -0.2) is 0 Å². The van der Waals surface area contributed by atoms with Crippen molar-refractivity contribution >= 4 is 29.1 Å². The van der Waals surface area contributed by atoms with Gasteiger partial charge in [0.1, 0.15) is 5.78 Å². The molecule has 0 rings (SSSR count). The van der Waals surface area contributed by atoms with Gasteiger partial charge in [0.15, 0.2) is 0 Å². The van der Waals surface area contributed by atoms with Gasteiger partial charge in [-0.3, -0.25) is 4.79 Å². The van der Waals surface area contributed by atoms with Crippen molar-refractivity contribution in [1.82, 2.24) is 0 Å². The Morgan fingerprint density at radius 3 is 2.33 bits per heavy atom. The molecule has 0 aliphatic rings. The van der Waals surface area contributed by atoms with Gasteiger partial charge in [0.05, 0.1) is 5.75 Å². The van der Waals surface area contributed by atoms with Crippen LogP contribution in [-0.2, 0) is 4.79 Å². The van der Waals surface area contributed by atoms with Crippen LogP contribution in [0.25, 0.3) is 0 Å². The summed E-state index contributed by atoms with van der Waals surface area (Å²) in [6.45, 7) is 1.23. The third-order valence-electron chi connectivity index (χ3n) is 0.439. The Labute approximate surface area is 60.8 Å². The largest absolute Gasteiger partial charge is 0.371 e. The number of rotatable bonds is 3. The maximum Gasteiger partial charge on any atom is 0.371 e. The maximum atomic E-state index is 11.7. The van der Waals surface area contributed by atoms with Crippen LogP contribution in [0.5, 0.6) is 0 Å². The average Bonchev–Trinajstić information content (AvgIpc) is 1.59. The van der Waals surface area contributed by atoms with E-state index >= 15 is 0 Å². The summed E-state index contributed by atoms with van der Waals surface area (Å²) in [7, 11) is 0. The molecule has 0 unspecified atom stereocenters. The molecular weight excluding hydrogens is 170 g/mol. The summed E-state index contributed by atoms with van der Waals surface area (Å²) in [5, 5.41) is 0. The van der Waals surface area contributed by atoms with E-state index in [4.69, 9.17) is 0 Å². The van der Waals surface area contributed by atoms with Crippen molar-refractivity contribution < 1.29 is 13.6 Å². The van der Waals surface area contributed by atoms with E-state index < -0.39 is 4.71 Å². The van der Waals surface area contributed by atoms with Gasteiger partial charge in [0.2, 0.25) is 0 Å². The van der Waals surface area contributed by atoms with Gasteiger partial charge in [0.25, 0.3) is 0 Å². The molecule has 0 N–H and O–H groups in total. The molecule has 0 aromatic rings. The molecule has 0 saturated carbocycles. The zero-order valence-corrected chi connectivity index (χ0v) is 6.23. The van der Waals surface area contributed by atoms with Crippen LogP contribution in [0, 0.1) is 0 Å². The number of thioether (sulfide) groups is 1. The fourth-order valence-corrected chi connectivity index (χ4v) is 0.714. The standard InChI is InChI=1S/C4H5ClF2OS/c1-3(8)2-9-4(5,6)7/h2H2,1H3. The first-order chi connectivity index (χ1) is 3.92. The molecule has 0 spiro atoms. The number of carbonyl (C=O) groups is 1. The van der Waals surface area contributed by atoms with Crippen molar-refractivity contribution in [2.75, 3.05) is 5.75 Å². The molecule has 0 heterocycles. The van der Waals surface area contributed by atoms with E-state index in [0.29, 0.717) is 0 Å². The van der Waals surface area contributed by atoms with Gasteiger partial charge >= 0.3 is 4.71 Å². The van der Waals surface area contributed by atoms with Crippen LogP contribution in [0.15, 0.2) is 0 Å². The molecule has 1 nitrogen and oxygen atoms in total. The molecule has 0 saturated heterocycles. The fourth-order valence-electron chi connectivity index (χ4n) is 0.183. The summed E-state index contributed by atoms with van der Waals surface area (Å²) in [5.41, 5.74) is 0. The number of hydrogen-bond donors (Lipinski definition) is 0. The van der Waals surface area contributed by atoms with Crippen LogP contribution in [0.2, 0.25) is 0 Å². The van der Waals surface area contributed by atoms with Gasteiger partial charge in [-0.15, -0.1) is 0 Å². The van der Waals surface area contributed by atoms with Crippen LogP contribution in [0.1, 0.15) is 6.92 Å². The predicted molar refractivity (Wildman–Crippen MR) is 33.9 cm³/mol. The van der Waals surface area contributed by atoms with E-state index in [9.17, 15) is 13.6 Å². The number of alkyl halides is 3. The zero-order valence-electron chi connectivity index (χ0n) is 4.66. The first kappa shape index (κ1) is 9.17. The molecule has 0 atom stereocenters. The Morgan fingerprint density at radius 1 is 1.78 bits per heavy atom. The minimum absolute atomic E-state index is 0.124. The normalized spacial score (nSPS) is 11.6. The lowest BCUT2D eigenvalue weighted by Gasteiger charge is -2.02. The highest BCUT2D eigenvalue weighted by Crippen LogP contribution is 2.32. The van der Waals surface area contributed by atoms with Crippen molar-refractivity contribution in [3.63, 3.8) is 0 Å². The topological polar surface area (TPSA) is 17.1 Å². The summed E-state index contributed by atoms with van der Waals surface area (Å²) in [4.78, 5) is 10.1. The second-order valence-electron chi connectivity index (χ2n) is 1.44. The van der Waals surface area contributed by atoms with Crippen molar-refractivity contribution in [2.24, 2.45) is 0 Å². The van der Waals surface area contributed by atoms with Gasteiger partial charge in [0, 0.05) is 0 Å². The molecular formula is C4H5ClF2OS. The van der Waals surface area contributed by atoms with Gasteiger partial charge < -0.3 is 0 Å². The number of carbonyl (C=O) groups excluding carboxylic acids is 1. The summed E-state index contributed by atoms with van der Waals surface area (Å²) < 4.78 is 20.0. The molecule has 0 fully saturated rings. The predicted octanol–water partition coefficient (Wildman–Crippen LogP) is 2.10. The van der Waals surface area contributed by atoms with Gasteiger partial charge in [-0.1, -0.05) is 11.8 Å². The highest BCUT2D eigenvalue weighted by atomic mass is 35.5. The second kappa shape index (κ2) is 3.37. The zero-order chi connectivity index (χ0) is 7.49. The van der Waals surface area contributed by atoms with Crippen molar-refractivity contribution in [2.45, 2.75) is 11.6 Å². The van der Waals surface area contributed by atoms with Crippen LogP contribution < -0.4 is 0 Å². The maximum absolute atomic E-state index is 11.7. The highest BCUT2D eigenvalue weighted by molar-refractivity contribution is 8.02. The Kier molecular flexibility index (Phi) is 3.43. The summed E-state index contributed by atoms with van der Waals surface area (Å²) >= 11 is 4.58. The second-order valence-corrected chi connectivity index (χ2v) is 3.23. The molecule has 0 aromatic carbocycles. The summed E-state index contributed by atoms with van der Waals surface area (Å²) in [5.74, 6) is -0.545.